The van der Waals surface area contributed by atoms with Gasteiger partial charge in [0.2, 0.25) is 0 Å². The van der Waals surface area contributed by atoms with Gasteiger partial charge in [-0.05, 0) is 92.4 Å². The maximum atomic E-state index is 12.7. The minimum absolute atomic E-state index is 0.108. The summed E-state index contributed by atoms with van der Waals surface area (Å²) in [5.41, 5.74) is 3.43. The summed E-state index contributed by atoms with van der Waals surface area (Å²) in [7, 11) is 0. The largest absolute Gasteiger partial charge is 0.459 e. The molecule has 0 heterocycles. The van der Waals surface area contributed by atoms with Crippen molar-refractivity contribution in [3.8, 4) is 0 Å². The number of ether oxygens (including phenoxy) is 1. The number of benzene rings is 1. The molecule has 0 radical (unpaired) electrons. The first-order valence-electron chi connectivity index (χ1n) is 14.6. The molecular weight excluding hydrogens is 416 g/mol. The van der Waals surface area contributed by atoms with E-state index in [1.807, 2.05) is 12.1 Å². The molecule has 1 atom stereocenters. The van der Waals surface area contributed by atoms with Gasteiger partial charge >= 0.3 is 5.97 Å². The van der Waals surface area contributed by atoms with Crippen LogP contribution in [0.2, 0.25) is 0 Å². The highest BCUT2D eigenvalue weighted by Crippen LogP contribution is 2.34. The molecule has 0 bridgehead atoms. The first-order chi connectivity index (χ1) is 16.6. The van der Waals surface area contributed by atoms with Crippen LogP contribution in [0.1, 0.15) is 139 Å². The van der Waals surface area contributed by atoms with E-state index in [-0.39, 0.29) is 12.1 Å². The van der Waals surface area contributed by atoms with Crippen molar-refractivity contribution in [2.24, 2.45) is 17.8 Å². The first kappa shape index (κ1) is 27.0. The summed E-state index contributed by atoms with van der Waals surface area (Å²) in [6.45, 7) is 6.92. The van der Waals surface area contributed by atoms with Gasteiger partial charge in [0, 0.05) is 0 Å². The number of hydrogen-bond donors (Lipinski definition) is 0. The van der Waals surface area contributed by atoms with Crippen LogP contribution in [0.3, 0.4) is 0 Å². The van der Waals surface area contributed by atoms with Crippen molar-refractivity contribution in [1.82, 2.24) is 0 Å². The Morgan fingerprint density at radius 1 is 0.882 bits per heavy atom. The Morgan fingerprint density at radius 2 is 1.62 bits per heavy atom. The third-order valence-corrected chi connectivity index (χ3v) is 8.68. The zero-order chi connectivity index (χ0) is 24.2. The molecule has 1 fully saturated rings. The standard InChI is InChI=1S/C32H50O2/c1-4-7-8-9-10-26-15-23-31(24-16-26)34-32(33)30-21-19-29(20-22-30)28-17-13-27(14-18-28)12-11-25(5-2)6-3/h17,19-22,25-27,31H,4-16,18,23-24H2,1-3H3. The maximum absolute atomic E-state index is 12.7. The summed E-state index contributed by atoms with van der Waals surface area (Å²) >= 11 is 0. The van der Waals surface area contributed by atoms with E-state index in [2.05, 4.69) is 39.0 Å². The number of hydrogen-bond acceptors (Lipinski definition) is 2. The molecule has 0 saturated heterocycles. The third-order valence-electron chi connectivity index (χ3n) is 8.68. The number of rotatable bonds is 13. The minimum Gasteiger partial charge on any atom is -0.459 e. The van der Waals surface area contributed by atoms with E-state index in [9.17, 15) is 4.79 Å². The molecule has 0 N–H and O–H groups in total. The molecule has 1 unspecified atom stereocenters. The monoisotopic (exact) mass is 466 g/mol. The average molecular weight is 467 g/mol. The van der Waals surface area contributed by atoms with Gasteiger partial charge in [0.1, 0.15) is 6.10 Å². The molecule has 0 aromatic heterocycles. The molecule has 34 heavy (non-hydrogen) atoms. The van der Waals surface area contributed by atoms with Crippen LogP contribution in [-0.4, -0.2) is 12.1 Å². The van der Waals surface area contributed by atoms with Crippen molar-refractivity contribution in [1.29, 1.82) is 0 Å². The van der Waals surface area contributed by atoms with Crippen LogP contribution in [0.25, 0.3) is 5.57 Å². The van der Waals surface area contributed by atoms with Crippen molar-refractivity contribution in [2.75, 3.05) is 0 Å². The molecule has 1 aromatic rings. The molecule has 3 rings (SSSR count). The number of unbranched alkanes of at least 4 members (excludes halogenated alkanes) is 3. The molecule has 2 aliphatic rings. The van der Waals surface area contributed by atoms with E-state index in [1.165, 1.54) is 101 Å². The first-order valence-corrected chi connectivity index (χ1v) is 14.6. The topological polar surface area (TPSA) is 26.3 Å². The summed E-state index contributed by atoms with van der Waals surface area (Å²) in [5, 5.41) is 0. The van der Waals surface area contributed by atoms with Gasteiger partial charge in [-0.2, -0.15) is 0 Å². The van der Waals surface area contributed by atoms with E-state index in [0.29, 0.717) is 5.56 Å². The molecule has 0 amide bonds. The van der Waals surface area contributed by atoms with Crippen molar-refractivity contribution in [3.63, 3.8) is 0 Å². The van der Waals surface area contributed by atoms with Crippen molar-refractivity contribution in [3.05, 3.63) is 41.5 Å². The molecule has 1 saturated carbocycles. The van der Waals surface area contributed by atoms with Gasteiger partial charge in [-0.3, -0.25) is 0 Å². The van der Waals surface area contributed by atoms with Crippen LogP contribution in [-0.2, 0) is 4.74 Å². The van der Waals surface area contributed by atoms with E-state index in [4.69, 9.17) is 4.74 Å². The van der Waals surface area contributed by atoms with Crippen molar-refractivity contribution in [2.45, 2.75) is 130 Å². The Kier molecular flexibility index (Phi) is 11.7. The highest BCUT2D eigenvalue weighted by molar-refractivity contribution is 5.90. The van der Waals surface area contributed by atoms with E-state index >= 15 is 0 Å². The molecule has 1 aromatic carbocycles. The fourth-order valence-corrected chi connectivity index (χ4v) is 6.02. The Hall–Kier alpha value is -1.57. The van der Waals surface area contributed by atoms with Crippen LogP contribution in [0.15, 0.2) is 30.3 Å². The fraction of sp³-hybridized carbons (Fsp3) is 0.719. The predicted octanol–water partition coefficient (Wildman–Crippen LogP) is 9.77. The lowest BCUT2D eigenvalue weighted by Crippen LogP contribution is -2.24. The number of carbonyl (C=O) groups is 1. The molecule has 0 spiro atoms. The molecular formula is C32H50O2. The van der Waals surface area contributed by atoms with Crippen LogP contribution in [0, 0.1) is 17.8 Å². The zero-order valence-electron chi connectivity index (χ0n) is 22.3. The third kappa shape index (κ3) is 8.58. The molecule has 2 heteroatoms. The average Bonchev–Trinajstić information content (AvgIpc) is 2.88. The van der Waals surface area contributed by atoms with Gasteiger partial charge in [-0.15, -0.1) is 0 Å². The van der Waals surface area contributed by atoms with Crippen LogP contribution < -0.4 is 0 Å². The smallest absolute Gasteiger partial charge is 0.338 e. The Labute approximate surface area is 209 Å². The van der Waals surface area contributed by atoms with E-state index < -0.39 is 0 Å². The Bertz CT molecular complexity index is 735. The van der Waals surface area contributed by atoms with Crippen molar-refractivity contribution < 1.29 is 9.53 Å². The fourth-order valence-electron chi connectivity index (χ4n) is 6.02. The highest BCUT2D eigenvalue weighted by Gasteiger charge is 2.24. The van der Waals surface area contributed by atoms with E-state index in [1.54, 1.807) is 0 Å². The van der Waals surface area contributed by atoms with Gasteiger partial charge in [0.25, 0.3) is 0 Å². The minimum atomic E-state index is -0.142. The van der Waals surface area contributed by atoms with Gasteiger partial charge in [0.05, 0.1) is 5.56 Å². The van der Waals surface area contributed by atoms with Gasteiger partial charge in [-0.25, -0.2) is 4.79 Å². The molecule has 0 aliphatic heterocycles. The Balaban J connectivity index is 1.40. The zero-order valence-corrected chi connectivity index (χ0v) is 22.3. The number of carbonyl (C=O) groups excluding carboxylic acids is 1. The maximum Gasteiger partial charge on any atom is 0.338 e. The summed E-state index contributed by atoms with van der Waals surface area (Å²) in [6, 6.07) is 8.19. The van der Waals surface area contributed by atoms with E-state index in [0.717, 1.165) is 30.6 Å². The second kappa shape index (κ2) is 14.7. The van der Waals surface area contributed by atoms with Gasteiger partial charge < -0.3 is 4.74 Å². The molecule has 190 valence electrons. The molecule has 2 aliphatic carbocycles. The summed E-state index contributed by atoms with van der Waals surface area (Å²) < 4.78 is 5.88. The van der Waals surface area contributed by atoms with Crippen LogP contribution in [0.5, 0.6) is 0 Å². The lowest BCUT2D eigenvalue weighted by Gasteiger charge is -2.28. The second-order valence-electron chi connectivity index (χ2n) is 11.1. The highest BCUT2D eigenvalue weighted by atomic mass is 16.5. The van der Waals surface area contributed by atoms with Crippen LogP contribution >= 0.6 is 0 Å². The predicted molar refractivity (Wildman–Crippen MR) is 145 cm³/mol. The lowest BCUT2D eigenvalue weighted by molar-refractivity contribution is 0.0161. The quantitative estimate of drug-likeness (QED) is 0.213. The number of allylic oxidation sites excluding steroid dienone is 2. The summed E-state index contributed by atoms with van der Waals surface area (Å²) in [4.78, 5) is 12.7. The van der Waals surface area contributed by atoms with Crippen LogP contribution in [0.4, 0.5) is 0 Å². The Morgan fingerprint density at radius 3 is 2.24 bits per heavy atom. The number of esters is 1. The summed E-state index contributed by atoms with van der Waals surface area (Å²) in [6.07, 6.45) is 22.9. The second-order valence-corrected chi connectivity index (χ2v) is 11.1. The van der Waals surface area contributed by atoms with Gasteiger partial charge in [0.15, 0.2) is 0 Å². The lowest BCUT2D eigenvalue weighted by atomic mass is 9.82. The SMILES string of the molecule is CCCCCCC1CCC(OC(=O)c2ccc(C3=CCC(CCC(CC)CC)CC3)cc2)CC1. The normalized spacial score (nSPS) is 23.1. The van der Waals surface area contributed by atoms with Gasteiger partial charge in [-0.1, -0.05) is 90.3 Å². The molecule has 2 nitrogen and oxygen atoms in total. The van der Waals surface area contributed by atoms with Crippen molar-refractivity contribution >= 4 is 11.5 Å². The summed E-state index contributed by atoms with van der Waals surface area (Å²) in [5.74, 6) is 2.46.